The van der Waals surface area contributed by atoms with Crippen molar-refractivity contribution < 1.29 is 9.90 Å². The van der Waals surface area contributed by atoms with Gasteiger partial charge in [0.15, 0.2) is 0 Å². The third-order valence-electron chi connectivity index (χ3n) is 1.78. The van der Waals surface area contributed by atoms with Gasteiger partial charge >= 0.3 is 0 Å². The molecule has 0 aliphatic rings. The topological polar surface area (TPSA) is 63.3 Å². The number of carbonyl (C=O) groups excluding carboxylic acids is 1. The smallest absolute Gasteiger partial charge is 0.220 e. The summed E-state index contributed by atoms with van der Waals surface area (Å²) in [6.07, 6.45) is 0.0324. The van der Waals surface area contributed by atoms with E-state index in [-0.39, 0.29) is 12.3 Å². The predicted octanol–water partition coefficient (Wildman–Crippen LogP) is 0.269. The molecule has 3 heteroatoms. The Morgan fingerprint density at radius 2 is 2.10 bits per heavy atom. The molecule has 3 N–H and O–H groups in total. The van der Waals surface area contributed by atoms with Crippen molar-refractivity contribution in [1.29, 1.82) is 0 Å². The highest BCUT2D eigenvalue weighted by Crippen LogP contribution is 2.19. The van der Waals surface area contributed by atoms with E-state index in [2.05, 4.69) is 0 Å². The number of hydrogen-bond acceptors (Lipinski definition) is 2. The Morgan fingerprint density at radius 3 is 2.20 bits per heavy atom. The maximum absolute atomic E-state index is 10.4. The highest BCUT2D eigenvalue weighted by Gasteiger charge is 2.26. The zero-order valence-corrected chi connectivity index (χ0v) is 6.72. The third kappa shape index (κ3) is 2.82. The van der Waals surface area contributed by atoms with Gasteiger partial charge in [-0.3, -0.25) is 4.79 Å². The first-order valence-electron chi connectivity index (χ1n) is 3.37. The molecule has 0 radical (unpaired) electrons. The number of nitrogens with two attached hydrogens (primary N) is 1. The number of rotatable bonds is 3. The molecule has 0 rings (SSSR count). The van der Waals surface area contributed by atoms with Crippen LogP contribution in [0.2, 0.25) is 0 Å². The van der Waals surface area contributed by atoms with Crippen LogP contribution in [0.4, 0.5) is 0 Å². The SMILES string of the molecule is CC(C)C(C)(O)CC(N)=O. The van der Waals surface area contributed by atoms with Gasteiger partial charge in [0.2, 0.25) is 5.91 Å². The van der Waals surface area contributed by atoms with E-state index in [0.717, 1.165) is 0 Å². The second-order valence-corrected chi connectivity index (χ2v) is 3.15. The Hall–Kier alpha value is -0.570. The number of aliphatic hydroxyl groups is 1. The molecule has 0 spiro atoms. The molecule has 0 saturated heterocycles. The van der Waals surface area contributed by atoms with Crippen LogP contribution in [0.5, 0.6) is 0 Å². The van der Waals surface area contributed by atoms with Crippen molar-refractivity contribution in [2.75, 3.05) is 0 Å². The molecule has 0 aliphatic carbocycles. The zero-order valence-electron chi connectivity index (χ0n) is 6.72. The van der Waals surface area contributed by atoms with Crippen molar-refractivity contribution in [3.05, 3.63) is 0 Å². The summed E-state index contributed by atoms with van der Waals surface area (Å²) < 4.78 is 0. The number of primary amides is 1. The van der Waals surface area contributed by atoms with Gasteiger partial charge in [-0.25, -0.2) is 0 Å². The standard InChI is InChI=1S/C7H15NO2/c1-5(2)7(3,10)4-6(8)9/h5,10H,4H2,1-3H3,(H2,8,9). The largest absolute Gasteiger partial charge is 0.389 e. The van der Waals surface area contributed by atoms with Crippen molar-refractivity contribution >= 4 is 5.91 Å². The molecule has 1 atom stereocenters. The lowest BCUT2D eigenvalue weighted by Crippen LogP contribution is -2.36. The lowest BCUT2D eigenvalue weighted by atomic mass is 9.89. The second-order valence-electron chi connectivity index (χ2n) is 3.15. The fraction of sp³-hybridized carbons (Fsp3) is 0.857. The van der Waals surface area contributed by atoms with Crippen molar-refractivity contribution in [2.24, 2.45) is 11.7 Å². The summed E-state index contributed by atoms with van der Waals surface area (Å²) in [4.78, 5) is 10.4. The van der Waals surface area contributed by atoms with Crippen LogP contribution < -0.4 is 5.73 Å². The molecule has 60 valence electrons. The Kier molecular flexibility index (Phi) is 2.84. The Labute approximate surface area is 61.2 Å². The first-order chi connectivity index (χ1) is 4.36. The van der Waals surface area contributed by atoms with E-state index in [4.69, 9.17) is 5.73 Å². The molecular formula is C7H15NO2. The van der Waals surface area contributed by atoms with Gasteiger partial charge in [0.1, 0.15) is 0 Å². The van der Waals surface area contributed by atoms with Gasteiger partial charge in [-0.1, -0.05) is 13.8 Å². The second kappa shape index (κ2) is 3.01. The number of hydrogen-bond donors (Lipinski definition) is 2. The van der Waals surface area contributed by atoms with Gasteiger partial charge in [-0.15, -0.1) is 0 Å². The molecule has 1 amide bonds. The highest BCUT2D eigenvalue weighted by atomic mass is 16.3. The quantitative estimate of drug-likeness (QED) is 0.598. The molecule has 0 saturated carbocycles. The van der Waals surface area contributed by atoms with E-state index in [9.17, 15) is 9.90 Å². The van der Waals surface area contributed by atoms with Gasteiger partial charge in [-0.05, 0) is 12.8 Å². The monoisotopic (exact) mass is 145 g/mol. The molecular weight excluding hydrogens is 130 g/mol. The average Bonchev–Trinajstić information content (AvgIpc) is 1.60. The summed E-state index contributed by atoms with van der Waals surface area (Å²) in [6.45, 7) is 5.31. The van der Waals surface area contributed by atoms with Gasteiger partial charge in [0.05, 0.1) is 12.0 Å². The van der Waals surface area contributed by atoms with Crippen LogP contribution in [-0.4, -0.2) is 16.6 Å². The molecule has 10 heavy (non-hydrogen) atoms. The number of amides is 1. The summed E-state index contributed by atoms with van der Waals surface area (Å²) in [5.74, 6) is -0.404. The molecule has 1 unspecified atom stereocenters. The number of carbonyl (C=O) groups is 1. The van der Waals surface area contributed by atoms with Gasteiger partial charge in [0.25, 0.3) is 0 Å². The summed E-state index contributed by atoms with van der Waals surface area (Å²) in [6, 6.07) is 0. The predicted molar refractivity (Wildman–Crippen MR) is 39.3 cm³/mol. The first kappa shape index (κ1) is 9.43. The molecule has 0 bridgehead atoms. The Bertz CT molecular complexity index is 130. The molecule has 0 aromatic rings. The lowest BCUT2D eigenvalue weighted by Gasteiger charge is -2.25. The lowest BCUT2D eigenvalue weighted by molar-refractivity contribution is -0.123. The van der Waals surface area contributed by atoms with Crippen molar-refractivity contribution in [3.8, 4) is 0 Å². The summed E-state index contributed by atoms with van der Waals surface area (Å²) >= 11 is 0. The third-order valence-corrected chi connectivity index (χ3v) is 1.78. The molecule has 0 aromatic carbocycles. The molecule has 0 heterocycles. The van der Waals surface area contributed by atoms with Crippen LogP contribution in [0.3, 0.4) is 0 Å². The first-order valence-corrected chi connectivity index (χ1v) is 3.37. The van der Waals surface area contributed by atoms with Crippen LogP contribution in [0.15, 0.2) is 0 Å². The van der Waals surface area contributed by atoms with Gasteiger partial charge < -0.3 is 10.8 Å². The Morgan fingerprint density at radius 1 is 1.70 bits per heavy atom. The summed E-state index contributed by atoms with van der Waals surface area (Å²) in [5, 5.41) is 9.46. The van der Waals surface area contributed by atoms with Crippen LogP contribution in [0.25, 0.3) is 0 Å². The molecule has 0 fully saturated rings. The van der Waals surface area contributed by atoms with E-state index in [1.807, 2.05) is 13.8 Å². The zero-order chi connectivity index (χ0) is 8.36. The summed E-state index contributed by atoms with van der Waals surface area (Å²) in [7, 11) is 0. The molecule has 3 nitrogen and oxygen atoms in total. The van der Waals surface area contributed by atoms with Crippen LogP contribution in [0, 0.1) is 5.92 Å². The van der Waals surface area contributed by atoms with Crippen molar-refractivity contribution in [2.45, 2.75) is 32.8 Å². The van der Waals surface area contributed by atoms with Crippen molar-refractivity contribution in [3.63, 3.8) is 0 Å². The minimum Gasteiger partial charge on any atom is -0.389 e. The minimum absolute atomic E-state index is 0.0324. The van der Waals surface area contributed by atoms with Crippen molar-refractivity contribution in [1.82, 2.24) is 0 Å². The van der Waals surface area contributed by atoms with E-state index in [1.165, 1.54) is 0 Å². The van der Waals surface area contributed by atoms with Crippen LogP contribution in [0.1, 0.15) is 27.2 Å². The minimum atomic E-state index is -0.953. The average molecular weight is 145 g/mol. The maximum Gasteiger partial charge on any atom is 0.220 e. The summed E-state index contributed by atoms with van der Waals surface area (Å²) in [5.41, 5.74) is 3.96. The fourth-order valence-electron chi connectivity index (χ4n) is 0.557. The Balaban J connectivity index is 3.99. The molecule has 0 aliphatic heterocycles. The fourth-order valence-corrected chi connectivity index (χ4v) is 0.557. The highest BCUT2D eigenvalue weighted by molar-refractivity contribution is 5.74. The van der Waals surface area contributed by atoms with E-state index >= 15 is 0 Å². The molecule has 0 aromatic heterocycles. The van der Waals surface area contributed by atoms with E-state index in [1.54, 1.807) is 6.92 Å². The maximum atomic E-state index is 10.4. The van der Waals surface area contributed by atoms with Gasteiger partial charge in [-0.2, -0.15) is 0 Å². The van der Waals surface area contributed by atoms with E-state index < -0.39 is 11.5 Å². The van der Waals surface area contributed by atoms with Crippen LogP contribution >= 0.6 is 0 Å². The van der Waals surface area contributed by atoms with Crippen LogP contribution in [-0.2, 0) is 4.79 Å². The normalized spacial score (nSPS) is 16.9. The van der Waals surface area contributed by atoms with E-state index in [0.29, 0.717) is 0 Å². The van der Waals surface area contributed by atoms with Gasteiger partial charge in [0, 0.05) is 0 Å².